The Kier molecular flexibility index (Phi) is 6.91. The molecule has 0 unspecified atom stereocenters. The summed E-state index contributed by atoms with van der Waals surface area (Å²) in [6.07, 6.45) is 8.67. The molecular weight excluding hydrogens is 445 g/mol. The Bertz CT molecular complexity index is 915. The summed E-state index contributed by atoms with van der Waals surface area (Å²) in [5.74, 6) is -0.364. The number of halogens is 3. The molecule has 28 heavy (non-hydrogen) atoms. The summed E-state index contributed by atoms with van der Waals surface area (Å²) in [4.78, 5) is 7.47. The maximum Gasteiger partial charge on any atom is 0.135 e. The van der Waals surface area contributed by atoms with E-state index in [2.05, 4.69) is 31.2 Å². The summed E-state index contributed by atoms with van der Waals surface area (Å²) in [5.41, 5.74) is 8.35. The normalized spacial score (nSPS) is 16.6. The van der Waals surface area contributed by atoms with E-state index in [4.69, 9.17) is 22.7 Å². The van der Waals surface area contributed by atoms with Crippen LogP contribution in [-0.2, 0) is 0 Å². The van der Waals surface area contributed by atoms with E-state index in [1.807, 2.05) is 12.3 Å². The number of nitrogens with two attached hydrogens (primary N) is 1. The van der Waals surface area contributed by atoms with Crippen molar-refractivity contribution in [2.24, 2.45) is 10.7 Å². The molecule has 1 aromatic heterocycles. The lowest BCUT2D eigenvalue weighted by molar-refractivity contribution is 0.408. The summed E-state index contributed by atoms with van der Waals surface area (Å²) >= 11 is 9.56. The van der Waals surface area contributed by atoms with Gasteiger partial charge in [-0.2, -0.15) is 0 Å². The van der Waals surface area contributed by atoms with E-state index < -0.39 is 5.82 Å². The van der Waals surface area contributed by atoms with Crippen molar-refractivity contribution in [3.63, 3.8) is 0 Å². The Hall–Kier alpha value is -2.12. The van der Waals surface area contributed by atoms with Gasteiger partial charge in [0.15, 0.2) is 0 Å². The molecule has 0 radical (unpaired) electrons. The van der Waals surface area contributed by atoms with E-state index in [-0.39, 0.29) is 16.5 Å². The Morgan fingerprint density at radius 3 is 2.71 bits per heavy atom. The van der Waals surface area contributed by atoms with Crippen molar-refractivity contribution < 1.29 is 4.39 Å². The predicted octanol–water partition coefficient (Wildman–Crippen LogP) is 5.54. The van der Waals surface area contributed by atoms with E-state index in [1.165, 1.54) is 37.5 Å². The Labute approximate surface area is 176 Å². The monoisotopic (exact) mass is 465 g/mol. The summed E-state index contributed by atoms with van der Waals surface area (Å²) in [5, 5.41) is 11.8. The van der Waals surface area contributed by atoms with Crippen molar-refractivity contribution in [1.82, 2.24) is 10.3 Å². The van der Waals surface area contributed by atoms with Gasteiger partial charge in [0.05, 0.1) is 27.7 Å². The van der Waals surface area contributed by atoms with Gasteiger partial charge < -0.3 is 21.4 Å². The van der Waals surface area contributed by atoms with Crippen LogP contribution in [0.5, 0.6) is 0 Å². The standard InChI is InChI=1S/C20H22BrClFN5/c21-12-8-18(26-11-12)19(27-14-4-2-1-3-5-14)15(10-24)20(25)28-17-9-13(23)6-7-16(17)22/h6-11,14,24,26-27H,1-5H2,(H2,25,28)/b19-15-,24-10?. The first-order valence-corrected chi connectivity index (χ1v) is 10.3. The quantitative estimate of drug-likeness (QED) is 0.332. The second-order valence-electron chi connectivity index (χ2n) is 6.74. The van der Waals surface area contributed by atoms with Crippen LogP contribution in [0.4, 0.5) is 10.1 Å². The molecule has 0 spiro atoms. The van der Waals surface area contributed by atoms with Crippen molar-refractivity contribution in [2.45, 2.75) is 38.1 Å². The number of H-pyrrole nitrogens is 1. The van der Waals surface area contributed by atoms with Gasteiger partial charge in [0, 0.05) is 29.0 Å². The number of aromatic nitrogens is 1. The Morgan fingerprint density at radius 1 is 1.32 bits per heavy atom. The lowest BCUT2D eigenvalue weighted by atomic mass is 9.94. The molecule has 3 rings (SSSR count). The highest BCUT2D eigenvalue weighted by Crippen LogP contribution is 2.28. The third-order valence-corrected chi connectivity index (χ3v) is 5.49. The van der Waals surface area contributed by atoms with Crippen molar-refractivity contribution in [3.8, 4) is 0 Å². The van der Waals surface area contributed by atoms with Crippen LogP contribution in [0.25, 0.3) is 5.70 Å². The molecule has 2 aromatic rings. The van der Waals surface area contributed by atoms with Crippen LogP contribution in [0.3, 0.4) is 0 Å². The van der Waals surface area contributed by atoms with Crippen LogP contribution in [0.15, 0.2) is 45.5 Å². The molecule has 1 saturated carbocycles. The molecule has 1 aliphatic carbocycles. The number of hydrogen-bond acceptors (Lipinski definition) is 3. The van der Waals surface area contributed by atoms with Gasteiger partial charge in [-0.15, -0.1) is 0 Å². The highest BCUT2D eigenvalue weighted by atomic mass is 79.9. The van der Waals surface area contributed by atoms with Crippen LogP contribution in [0, 0.1) is 11.2 Å². The molecule has 0 bridgehead atoms. The molecule has 1 aliphatic rings. The van der Waals surface area contributed by atoms with Crippen molar-refractivity contribution >= 4 is 51.0 Å². The van der Waals surface area contributed by atoms with Gasteiger partial charge >= 0.3 is 0 Å². The third-order valence-electron chi connectivity index (χ3n) is 4.71. The molecular formula is C20H22BrClFN5. The number of rotatable bonds is 6. The van der Waals surface area contributed by atoms with E-state index in [1.54, 1.807) is 0 Å². The van der Waals surface area contributed by atoms with E-state index in [0.29, 0.717) is 17.3 Å². The molecule has 8 heteroatoms. The zero-order chi connectivity index (χ0) is 20.1. The SMILES string of the molecule is N=CC(/C(N)=N/c1cc(F)ccc1Cl)=C(/NC1CCCCC1)c1cc(Br)c[nH]1. The van der Waals surface area contributed by atoms with Gasteiger partial charge in [0.1, 0.15) is 11.7 Å². The van der Waals surface area contributed by atoms with Crippen LogP contribution >= 0.6 is 27.5 Å². The fourth-order valence-electron chi connectivity index (χ4n) is 3.30. The van der Waals surface area contributed by atoms with Gasteiger partial charge in [0.25, 0.3) is 0 Å². The molecule has 5 N–H and O–H groups in total. The molecule has 1 heterocycles. The maximum atomic E-state index is 13.6. The third kappa shape index (κ3) is 5.02. The van der Waals surface area contributed by atoms with Crippen LogP contribution < -0.4 is 11.1 Å². The first kappa shape index (κ1) is 20.6. The minimum Gasteiger partial charge on any atom is -0.383 e. The number of amidine groups is 1. The minimum absolute atomic E-state index is 0.0894. The Balaban J connectivity index is 2.04. The van der Waals surface area contributed by atoms with Gasteiger partial charge in [-0.25, -0.2) is 9.38 Å². The molecule has 148 valence electrons. The number of benzene rings is 1. The molecule has 0 saturated heterocycles. The summed E-state index contributed by atoms with van der Waals surface area (Å²) in [6.45, 7) is 0. The lowest BCUT2D eigenvalue weighted by Crippen LogP contribution is -2.32. The van der Waals surface area contributed by atoms with Crippen LogP contribution in [-0.4, -0.2) is 23.1 Å². The molecule has 5 nitrogen and oxygen atoms in total. The molecule has 0 atom stereocenters. The highest BCUT2D eigenvalue weighted by Gasteiger charge is 2.19. The first-order valence-electron chi connectivity index (χ1n) is 9.13. The number of hydrogen-bond donors (Lipinski definition) is 4. The first-order chi connectivity index (χ1) is 13.5. The largest absolute Gasteiger partial charge is 0.383 e. The molecule has 0 aliphatic heterocycles. The maximum absolute atomic E-state index is 13.6. The smallest absolute Gasteiger partial charge is 0.135 e. The van der Waals surface area contributed by atoms with E-state index >= 15 is 0 Å². The molecule has 1 fully saturated rings. The van der Waals surface area contributed by atoms with Crippen molar-refractivity contribution in [3.05, 3.63) is 57.0 Å². The van der Waals surface area contributed by atoms with Crippen LogP contribution in [0.1, 0.15) is 37.8 Å². The van der Waals surface area contributed by atoms with Gasteiger partial charge in [-0.05, 0) is 47.0 Å². The van der Waals surface area contributed by atoms with E-state index in [9.17, 15) is 4.39 Å². The highest BCUT2D eigenvalue weighted by molar-refractivity contribution is 9.10. The fourth-order valence-corrected chi connectivity index (χ4v) is 3.80. The zero-order valence-electron chi connectivity index (χ0n) is 15.2. The summed E-state index contributed by atoms with van der Waals surface area (Å²) in [7, 11) is 0. The van der Waals surface area contributed by atoms with Crippen molar-refractivity contribution in [1.29, 1.82) is 5.41 Å². The Morgan fingerprint density at radius 2 is 2.07 bits per heavy atom. The molecule has 0 amide bonds. The number of aliphatic imine (C=N–C) groups is 1. The predicted molar refractivity (Wildman–Crippen MR) is 117 cm³/mol. The number of nitrogens with zero attached hydrogens (tertiary/aromatic N) is 1. The second kappa shape index (κ2) is 9.39. The fraction of sp³-hybridized carbons (Fsp3) is 0.300. The summed E-state index contributed by atoms with van der Waals surface area (Å²) < 4.78 is 14.5. The van der Waals surface area contributed by atoms with E-state index in [0.717, 1.165) is 29.2 Å². The topological polar surface area (TPSA) is 90.1 Å². The number of nitrogens with one attached hydrogen (secondary N) is 3. The van der Waals surface area contributed by atoms with Crippen molar-refractivity contribution in [2.75, 3.05) is 0 Å². The second-order valence-corrected chi connectivity index (χ2v) is 8.06. The van der Waals surface area contributed by atoms with Crippen LogP contribution in [0.2, 0.25) is 5.02 Å². The minimum atomic E-state index is -0.454. The average Bonchev–Trinajstić information content (AvgIpc) is 3.11. The number of aromatic amines is 1. The average molecular weight is 467 g/mol. The molecule has 1 aromatic carbocycles. The zero-order valence-corrected chi connectivity index (χ0v) is 17.6. The van der Waals surface area contributed by atoms with Gasteiger partial charge in [0.2, 0.25) is 0 Å². The lowest BCUT2D eigenvalue weighted by Gasteiger charge is -2.26. The van der Waals surface area contributed by atoms with Gasteiger partial charge in [-0.3, -0.25) is 0 Å². The van der Waals surface area contributed by atoms with Gasteiger partial charge in [-0.1, -0.05) is 30.9 Å². The summed E-state index contributed by atoms with van der Waals surface area (Å²) in [6, 6.07) is 6.12.